The van der Waals surface area contributed by atoms with Crippen LogP contribution in [0.3, 0.4) is 0 Å². The summed E-state index contributed by atoms with van der Waals surface area (Å²) < 4.78 is 0. The Bertz CT molecular complexity index is 379. The van der Waals surface area contributed by atoms with Crippen LogP contribution >= 0.6 is 11.6 Å². The van der Waals surface area contributed by atoms with Crippen LogP contribution < -0.4 is 0 Å². The van der Waals surface area contributed by atoms with Crippen molar-refractivity contribution < 1.29 is 5.11 Å². The molecule has 0 bridgehead atoms. The fourth-order valence-electron chi connectivity index (χ4n) is 2.71. The number of benzene rings is 1. The van der Waals surface area contributed by atoms with Crippen molar-refractivity contribution in [3.8, 4) is 0 Å². The van der Waals surface area contributed by atoms with Gasteiger partial charge >= 0.3 is 0 Å². The molecule has 100 valence electrons. The standard InChI is InChI=1S/C15H22ClNO/c1-2-17-10-3-8-15(18,9-11-17)12-13-4-6-14(16)7-5-13/h4-7,18H,2-3,8-12H2,1H3. The molecular weight excluding hydrogens is 246 g/mol. The summed E-state index contributed by atoms with van der Waals surface area (Å²) in [6.07, 6.45) is 3.58. The Morgan fingerprint density at radius 1 is 1.22 bits per heavy atom. The Balaban J connectivity index is 2.00. The summed E-state index contributed by atoms with van der Waals surface area (Å²) >= 11 is 5.88. The van der Waals surface area contributed by atoms with E-state index in [2.05, 4.69) is 11.8 Å². The monoisotopic (exact) mass is 267 g/mol. The van der Waals surface area contributed by atoms with Crippen LogP contribution in [0.15, 0.2) is 24.3 Å². The third-order valence-electron chi connectivity index (χ3n) is 3.90. The van der Waals surface area contributed by atoms with Crippen molar-refractivity contribution in [2.75, 3.05) is 19.6 Å². The average molecular weight is 268 g/mol. The number of hydrogen-bond donors (Lipinski definition) is 1. The van der Waals surface area contributed by atoms with Crippen LogP contribution in [-0.2, 0) is 6.42 Å². The molecule has 1 aliphatic heterocycles. The minimum atomic E-state index is -0.544. The summed E-state index contributed by atoms with van der Waals surface area (Å²) in [5.74, 6) is 0. The van der Waals surface area contributed by atoms with Crippen LogP contribution in [0.4, 0.5) is 0 Å². The van der Waals surface area contributed by atoms with Crippen LogP contribution in [0, 0.1) is 0 Å². The maximum atomic E-state index is 10.7. The van der Waals surface area contributed by atoms with E-state index >= 15 is 0 Å². The lowest BCUT2D eigenvalue weighted by atomic mass is 9.88. The van der Waals surface area contributed by atoms with Gasteiger partial charge in [-0.3, -0.25) is 0 Å². The highest BCUT2D eigenvalue weighted by molar-refractivity contribution is 6.30. The average Bonchev–Trinajstić information content (AvgIpc) is 2.54. The summed E-state index contributed by atoms with van der Waals surface area (Å²) in [7, 11) is 0. The van der Waals surface area contributed by atoms with Gasteiger partial charge in [-0.15, -0.1) is 0 Å². The quantitative estimate of drug-likeness (QED) is 0.910. The second-order valence-electron chi connectivity index (χ2n) is 5.32. The molecule has 0 amide bonds. The zero-order valence-corrected chi connectivity index (χ0v) is 11.8. The number of nitrogens with zero attached hydrogens (tertiary/aromatic N) is 1. The summed E-state index contributed by atoms with van der Waals surface area (Å²) in [5, 5.41) is 11.5. The van der Waals surface area contributed by atoms with E-state index in [4.69, 9.17) is 11.6 Å². The highest BCUT2D eigenvalue weighted by atomic mass is 35.5. The highest BCUT2D eigenvalue weighted by Crippen LogP contribution is 2.26. The number of likely N-dealkylation sites (tertiary alicyclic amines) is 1. The van der Waals surface area contributed by atoms with Gasteiger partial charge in [-0.1, -0.05) is 30.7 Å². The minimum absolute atomic E-state index is 0.544. The summed E-state index contributed by atoms with van der Waals surface area (Å²) in [6.45, 7) is 5.38. The van der Waals surface area contributed by atoms with Crippen molar-refractivity contribution >= 4 is 11.6 Å². The van der Waals surface area contributed by atoms with E-state index in [1.54, 1.807) is 0 Å². The van der Waals surface area contributed by atoms with Crippen LogP contribution in [0.5, 0.6) is 0 Å². The molecule has 0 aliphatic carbocycles. The molecule has 1 fully saturated rings. The molecule has 1 N–H and O–H groups in total. The van der Waals surface area contributed by atoms with Gasteiger partial charge in [0.2, 0.25) is 0 Å². The second kappa shape index (κ2) is 6.05. The second-order valence-corrected chi connectivity index (χ2v) is 5.75. The molecule has 2 rings (SSSR count). The molecule has 1 atom stereocenters. The molecular formula is C15H22ClNO. The van der Waals surface area contributed by atoms with Gasteiger partial charge in [0, 0.05) is 18.0 Å². The Morgan fingerprint density at radius 3 is 2.61 bits per heavy atom. The third-order valence-corrected chi connectivity index (χ3v) is 4.16. The first-order chi connectivity index (χ1) is 8.61. The first-order valence-corrected chi connectivity index (χ1v) is 7.18. The topological polar surface area (TPSA) is 23.5 Å². The summed E-state index contributed by atoms with van der Waals surface area (Å²) in [4.78, 5) is 2.42. The van der Waals surface area contributed by atoms with E-state index in [9.17, 15) is 5.11 Å². The number of hydrogen-bond acceptors (Lipinski definition) is 2. The van der Waals surface area contributed by atoms with Gasteiger partial charge in [0.05, 0.1) is 5.60 Å². The van der Waals surface area contributed by atoms with Crippen LogP contribution in [0.2, 0.25) is 5.02 Å². The predicted molar refractivity (Wildman–Crippen MR) is 76.1 cm³/mol. The van der Waals surface area contributed by atoms with E-state index in [0.29, 0.717) is 0 Å². The van der Waals surface area contributed by atoms with Crippen molar-refractivity contribution in [1.82, 2.24) is 4.90 Å². The number of halogens is 1. The molecule has 0 radical (unpaired) electrons. The minimum Gasteiger partial charge on any atom is -0.389 e. The Morgan fingerprint density at radius 2 is 1.94 bits per heavy atom. The zero-order valence-electron chi connectivity index (χ0n) is 11.0. The highest BCUT2D eigenvalue weighted by Gasteiger charge is 2.29. The Kier molecular flexibility index (Phi) is 4.66. The number of rotatable bonds is 3. The van der Waals surface area contributed by atoms with Crippen molar-refractivity contribution in [3.63, 3.8) is 0 Å². The first-order valence-electron chi connectivity index (χ1n) is 6.80. The molecule has 0 aromatic heterocycles. The van der Waals surface area contributed by atoms with Crippen molar-refractivity contribution in [3.05, 3.63) is 34.9 Å². The maximum Gasteiger partial charge on any atom is 0.0700 e. The van der Waals surface area contributed by atoms with E-state index in [1.165, 1.54) is 5.56 Å². The van der Waals surface area contributed by atoms with Crippen molar-refractivity contribution in [2.24, 2.45) is 0 Å². The fourth-order valence-corrected chi connectivity index (χ4v) is 2.84. The molecule has 3 heteroatoms. The third kappa shape index (κ3) is 3.71. The SMILES string of the molecule is CCN1CCCC(O)(Cc2ccc(Cl)cc2)CC1. The summed E-state index contributed by atoms with van der Waals surface area (Å²) in [6, 6.07) is 7.83. The lowest BCUT2D eigenvalue weighted by molar-refractivity contribution is 0.0258. The molecule has 1 aromatic rings. The maximum absolute atomic E-state index is 10.7. The summed E-state index contributed by atoms with van der Waals surface area (Å²) in [5.41, 5.74) is 0.629. The normalized spacial score (nSPS) is 25.9. The molecule has 2 nitrogen and oxygen atoms in total. The van der Waals surface area contributed by atoms with Crippen molar-refractivity contribution in [1.29, 1.82) is 0 Å². The van der Waals surface area contributed by atoms with E-state index in [0.717, 1.165) is 50.3 Å². The van der Waals surface area contributed by atoms with Gasteiger partial charge in [-0.25, -0.2) is 0 Å². The van der Waals surface area contributed by atoms with Gasteiger partial charge in [0.25, 0.3) is 0 Å². The van der Waals surface area contributed by atoms with Gasteiger partial charge in [0.15, 0.2) is 0 Å². The molecule has 1 aromatic carbocycles. The Labute approximate surface area is 115 Å². The van der Waals surface area contributed by atoms with E-state index in [1.807, 2.05) is 24.3 Å². The fraction of sp³-hybridized carbons (Fsp3) is 0.600. The molecule has 0 saturated carbocycles. The Hall–Kier alpha value is -0.570. The van der Waals surface area contributed by atoms with Crippen molar-refractivity contribution in [2.45, 2.75) is 38.2 Å². The lowest BCUT2D eigenvalue weighted by Gasteiger charge is -2.27. The van der Waals surface area contributed by atoms with Gasteiger partial charge in [-0.2, -0.15) is 0 Å². The zero-order chi connectivity index (χ0) is 13.0. The van der Waals surface area contributed by atoms with E-state index in [-0.39, 0.29) is 0 Å². The molecule has 18 heavy (non-hydrogen) atoms. The predicted octanol–water partition coefficient (Wildman–Crippen LogP) is 3.12. The first kappa shape index (κ1) is 13.9. The van der Waals surface area contributed by atoms with E-state index < -0.39 is 5.60 Å². The van der Waals surface area contributed by atoms with Crippen LogP contribution in [0.25, 0.3) is 0 Å². The largest absolute Gasteiger partial charge is 0.389 e. The molecule has 1 saturated heterocycles. The van der Waals surface area contributed by atoms with Crippen LogP contribution in [0.1, 0.15) is 31.7 Å². The molecule has 1 heterocycles. The lowest BCUT2D eigenvalue weighted by Crippen LogP contribution is -2.33. The molecule has 1 unspecified atom stereocenters. The van der Waals surface area contributed by atoms with Gasteiger partial charge < -0.3 is 10.0 Å². The molecule has 0 spiro atoms. The molecule has 1 aliphatic rings. The van der Waals surface area contributed by atoms with Gasteiger partial charge in [0.1, 0.15) is 0 Å². The number of aliphatic hydroxyl groups is 1. The van der Waals surface area contributed by atoms with Gasteiger partial charge in [-0.05, 0) is 50.0 Å². The van der Waals surface area contributed by atoms with Crippen LogP contribution in [-0.4, -0.2) is 35.2 Å². The smallest absolute Gasteiger partial charge is 0.0700 e.